The van der Waals surface area contributed by atoms with E-state index in [2.05, 4.69) is 4.98 Å². The molecule has 15 heavy (non-hydrogen) atoms. The van der Waals surface area contributed by atoms with Crippen molar-refractivity contribution in [3.63, 3.8) is 0 Å². The number of rotatable bonds is 2. The Morgan fingerprint density at radius 3 is 2.80 bits per heavy atom. The molecule has 78 valence electrons. The molecule has 2 nitrogen and oxygen atoms in total. The molecule has 0 fully saturated rings. The Bertz CT molecular complexity index is 482. The highest BCUT2D eigenvalue weighted by Gasteiger charge is 2.09. The molecule has 2 aromatic rings. The summed E-state index contributed by atoms with van der Waals surface area (Å²) in [6.07, 6.45) is 1.76. The third-order valence-corrected chi connectivity index (χ3v) is 3.81. The molecule has 0 aliphatic rings. The first-order chi connectivity index (χ1) is 7.22. The van der Waals surface area contributed by atoms with Gasteiger partial charge >= 0.3 is 0 Å². The summed E-state index contributed by atoms with van der Waals surface area (Å²) in [6.45, 7) is 0.496. The van der Waals surface area contributed by atoms with Crippen LogP contribution in [0.1, 0.15) is 4.88 Å². The molecule has 0 spiro atoms. The van der Waals surface area contributed by atoms with Gasteiger partial charge in [0, 0.05) is 23.2 Å². The Hall–Kier alpha value is -0.610. The van der Waals surface area contributed by atoms with E-state index in [-0.39, 0.29) is 0 Å². The van der Waals surface area contributed by atoms with Crippen LogP contribution in [0.4, 0.5) is 0 Å². The van der Waals surface area contributed by atoms with Crippen molar-refractivity contribution >= 4 is 34.5 Å². The van der Waals surface area contributed by atoms with Crippen molar-refractivity contribution in [1.82, 2.24) is 4.98 Å². The van der Waals surface area contributed by atoms with E-state index in [1.165, 1.54) is 11.3 Å². The van der Waals surface area contributed by atoms with Gasteiger partial charge < -0.3 is 5.73 Å². The number of nitrogens with two attached hydrogens (primary N) is 1. The van der Waals surface area contributed by atoms with Gasteiger partial charge in [0.2, 0.25) is 0 Å². The summed E-state index contributed by atoms with van der Waals surface area (Å²) < 4.78 is 0. The highest BCUT2D eigenvalue weighted by molar-refractivity contribution is 7.15. The van der Waals surface area contributed by atoms with E-state index in [0.29, 0.717) is 16.6 Å². The summed E-state index contributed by atoms with van der Waals surface area (Å²) in [5.74, 6) is 0. The van der Waals surface area contributed by atoms with E-state index in [9.17, 15) is 0 Å². The van der Waals surface area contributed by atoms with Crippen molar-refractivity contribution in [3.05, 3.63) is 39.3 Å². The quantitative estimate of drug-likeness (QED) is 0.895. The maximum Gasteiger partial charge on any atom is 0.125 e. The van der Waals surface area contributed by atoms with Gasteiger partial charge in [-0.25, -0.2) is 4.98 Å². The normalized spacial score (nSPS) is 10.6. The van der Waals surface area contributed by atoms with E-state index >= 15 is 0 Å². The Morgan fingerprint density at radius 1 is 1.33 bits per heavy atom. The molecule has 2 rings (SSSR count). The van der Waals surface area contributed by atoms with Crippen LogP contribution in [0, 0.1) is 0 Å². The van der Waals surface area contributed by atoms with Crippen LogP contribution in [0.5, 0.6) is 0 Å². The van der Waals surface area contributed by atoms with Crippen LogP contribution in [0.25, 0.3) is 10.6 Å². The topological polar surface area (TPSA) is 38.9 Å². The van der Waals surface area contributed by atoms with Gasteiger partial charge in [0.25, 0.3) is 0 Å². The summed E-state index contributed by atoms with van der Waals surface area (Å²) in [6, 6.07) is 5.51. The molecule has 0 bridgehead atoms. The summed E-state index contributed by atoms with van der Waals surface area (Å²) in [5, 5.41) is 1.93. The first-order valence-electron chi connectivity index (χ1n) is 4.31. The van der Waals surface area contributed by atoms with Gasteiger partial charge in [-0.1, -0.05) is 35.3 Å². The van der Waals surface area contributed by atoms with Crippen molar-refractivity contribution in [2.45, 2.75) is 6.54 Å². The average Bonchev–Trinajstić information content (AvgIpc) is 2.70. The van der Waals surface area contributed by atoms with Gasteiger partial charge in [-0.15, -0.1) is 11.3 Å². The fourth-order valence-corrected chi connectivity index (χ4v) is 2.46. The average molecular weight is 259 g/mol. The van der Waals surface area contributed by atoms with Gasteiger partial charge in [-0.05, 0) is 6.07 Å². The molecule has 1 heterocycles. The fraction of sp³-hybridized carbons (Fsp3) is 0.100. The molecule has 1 aromatic heterocycles. The van der Waals surface area contributed by atoms with Crippen molar-refractivity contribution in [2.75, 3.05) is 0 Å². The lowest BCUT2D eigenvalue weighted by molar-refractivity contribution is 1.10. The first-order valence-corrected chi connectivity index (χ1v) is 5.88. The van der Waals surface area contributed by atoms with Crippen LogP contribution < -0.4 is 5.73 Å². The maximum absolute atomic E-state index is 6.08. The first kappa shape index (κ1) is 10.9. The highest BCUT2D eigenvalue weighted by Crippen LogP contribution is 2.35. The van der Waals surface area contributed by atoms with Crippen LogP contribution in [-0.2, 0) is 6.54 Å². The summed E-state index contributed by atoms with van der Waals surface area (Å²) >= 11 is 13.5. The predicted molar refractivity (Wildman–Crippen MR) is 65.5 cm³/mol. The zero-order valence-corrected chi connectivity index (χ0v) is 10.0. The number of benzene rings is 1. The number of hydrogen-bond donors (Lipinski definition) is 1. The summed E-state index contributed by atoms with van der Waals surface area (Å²) in [5.41, 5.74) is 6.38. The van der Waals surface area contributed by atoms with Crippen LogP contribution in [0.2, 0.25) is 10.0 Å². The van der Waals surface area contributed by atoms with Crippen molar-refractivity contribution < 1.29 is 0 Å². The summed E-state index contributed by atoms with van der Waals surface area (Å²) in [4.78, 5) is 5.28. The Labute approximate surface area is 102 Å². The monoisotopic (exact) mass is 258 g/mol. The number of hydrogen-bond acceptors (Lipinski definition) is 3. The minimum Gasteiger partial charge on any atom is -0.326 e. The van der Waals surface area contributed by atoms with E-state index in [1.807, 2.05) is 12.1 Å². The second kappa shape index (κ2) is 4.49. The number of thiazole rings is 1. The Balaban J connectivity index is 2.49. The summed E-state index contributed by atoms with van der Waals surface area (Å²) in [7, 11) is 0. The van der Waals surface area contributed by atoms with Crippen molar-refractivity contribution in [1.29, 1.82) is 0 Å². The van der Waals surface area contributed by atoms with E-state index in [4.69, 9.17) is 28.9 Å². The molecule has 0 aliphatic carbocycles. The molecule has 1 aromatic carbocycles. The fourth-order valence-electron chi connectivity index (χ4n) is 1.20. The minimum atomic E-state index is 0.496. The third-order valence-electron chi connectivity index (χ3n) is 1.94. The molecular formula is C10H8Cl2N2S. The molecule has 0 saturated carbocycles. The van der Waals surface area contributed by atoms with Crippen LogP contribution in [0.3, 0.4) is 0 Å². The highest BCUT2D eigenvalue weighted by atomic mass is 35.5. The molecule has 0 radical (unpaired) electrons. The van der Waals surface area contributed by atoms with E-state index < -0.39 is 0 Å². The predicted octanol–water partition coefficient (Wildman–Crippen LogP) is 3.58. The third kappa shape index (κ3) is 2.16. The molecule has 2 N–H and O–H groups in total. The molecule has 0 amide bonds. The number of aromatic nitrogens is 1. The SMILES string of the molecule is NCc1cnc(-c2cccc(Cl)c2Cl)s1. The van der Waals surface area contributed by atoms with Gasteiger partial charge in [0.15, 0.2) is 0 Å². The lowest BCUT2D eigenvalue weighted by atomic mass is 10.2. The lowest BCUT2D eigenvalue weighted by Gasteiger charge is -2.01. The second-order valence-corrected chi connectivity index (χ2v) is 4.84. The Kier molecular flexibility index (Phi) is 3.26. The van der Waals surface area contributed by atoms with Crippen molar-refractivity contribution in [3.8, 4) is 10.6 Å². The van der Waals surface area contributed by atoms with Crippen molar-refractivity contribution in [2.24, 2.45) is 5.73 Å². The Morgan fingerprint density at radius 2 is 2.13 bits per heavy atom. The van der Waals surface area contributed by atoms with Gasteiger partial charge in [0.1, 0.15) is 5.01 Å². The van der Waals surface area contributed by atoms with Gasteiger partial charge in [-0.2, -0.15) is 0 Å². The molecule has 0 saturated heterocycles. The van der Waals surface area contributed by atoms with Crippen LogP contribution in [-0.4, -0.2) is 4.98 Å². The van der Waals surface area contributed by atoms with Gasteiger partial charge in [0.05, 0.1) is 10.0 Å². The number of nitrogens with zero attached hydrogens (tertiary/aromatic N) is 1. The van der Waals surface area contributed by atoms with E-state index in [1.54, 1.807) is 12.3 Å². The van der Waals surface area contributed by atoms with Gasteiger partial charge in [-0.3, -0.25) is 0 Å². The second-order valence-electron chi connectivity index (χ2n) is 2.94. The standard InChI is InChI=1S/C10H8Cl2N2S/c11-8-3-1-2-7(9(8)12)10-14-5-6(4-13)15-10/h1-3,5H,4,13H2. The molecule has 0 unspecified atom stereocenters. The largest absolute Gasteiger partial charge is 0.326 e. The van der Waals surface area contributed by atoms with Crippen LogP contribution >= 0.6 is 34.5 Å². The smallest absolute Gasteiger partial charge is 0.125 e. The maximum atomic E-state index is 6.08. The zero-order chi connectivity index (χ0) is 10.8. The molecular weight excluding hydrogens is 251 g/mol. The minimum absolute atomic E-state index is 0.496. The van der Waals surface area contributed by atoms with E-state index in [0.717, 1.165) is 15.4 Å². The van der Waals surface area contributed by atoms with Crippen LogP contribution in [0.15, 0.2) is 24.4 Å². The number of halogens is 2. The molecule has 5 heteroatoms. The zero-order valence-electron chi connectivity index (χ0n) is 7.71. The lowest BCUT2D eigenvalue weighted by Crippen LogP contribution is -1.91. The molecule has 0 aliphatic heterocycles. The molecule has 0 atom stereocenters.